The topological polar surface area (TPSA) is 27.1 Å². The molecule has 0 saturated heterocycles. The third-order valence-corrected chi connectivity index (χ3v) is 3.06. The first-order valence-corrected chi connectivity index (χ1v) is 6.00. The first kappa shape index (κ1) is 11.7. The quantitative estimate of drug-likeness (QED) is 0.719. The van der Waals surface area contributed by atoms with Crippen LogP contribution in [0.4, 0.5) is 4.39 Å². The maximum absolute atomic E-state index is 13.3. The van der Waals surface area contributed by atoms with Gasteiger partial charge in [-0.15, -0.1) is 0 Å². The Morgan fingerprint density at radius 1 is 1.32 bits per heavy atom. The summed E-state index contributed by atoms with van der Waals surface area (Å²) in [6.45, 7) is 0.395. The minimum absolute atomic E-state index is 0.235. The van der Waals surface area contributed by atoms with Gasteiger partial charge in [-0.05, 0) is 30.3 Å². The largest absolute Gasteiger partial charge is 0.487 e. The maximum atomic E-state index is 13.3. The van der Waals surface area contributed by atoms with Crippen LogP contribution >= 0.6 is 0 Å². The van der Waals surface area contributed by atoms with Gasteiger partial charge >= 0.3 is 0 Å². The van der Waals surface area contributed by atoms with Gasteiger partial charge in [0.15, 0.2) is 0 Å². The van der Waals surface area contributed by atoms with Crippen molar-refractivity contribution >= 4 is 10.9 Å². The predicted octanol–water partition coefficient (Wildman–Crippen LogP) is 3.29. The highest BCUT2D eigenvalue weighted by molar-refractivity contribution is 5.83. The molecule has 3 rings (SSSR count). The summed E-state index contributed by atoms with van der Waals surface area (Å²) in [5, 5.41) is 0.881. The van der Waals surface area contributed by atoms with Gasteiger partial charge in [0.1, 0.15) is 18.2 Å². The highest BCUT2D eigenvalue weighted by Crippen LogP contribution is 2.23. The minimum atomic E-state index is -0.235. The van der Waals surface area contributed by atoms with E-state index in [9.17, 15) is 4.39 Å². The Hall–Kier alpha value is -2.36. The first-order valence-electron chi connectivity index (χ1n) is 6.00. The number of halogens is 1. The van der Waals surface area contributed by atoms with Crippen LogP contribution in [0, 0.1) is 5.82 Å². The van der Waals surface area contributed by atoms with E-state index >= 15 is 0 Å². The fourth-order valence-electron chi connectivity index (χ4n) is 2.15. The molecule has 0 radical (unpaired) electrons. The molecule has 0 bridgehead atoms. The van der Waals surface area contributed by atoms with E-state index < -0.39 is 0 Å². The maximum Gasteiger partial charge on any atom is 0.138 e. The number of benzene rings is 1. The lowest BCUT2D eigenvalue weighted by Gasteiger charge is -2.04. The molecule has 0 spiro atoms. The second-order valence-corrected chi connectivity index (χ2v) is 4.40. The molecule has 0 unspecified atom stereocenters. The Balaban J connectivity index is 1.91. The molecular formula is C15H13FN2O. The highest BCUT2D eigenvalue weighted by Gasteiger charge is 2.08. The third-order valence-electron chi connectivity index (χ3n) is 3.06. The number of ether oxygens (including phenoxy) is 1. The lowest BCUT2D eigenvalue weighted by atomic mass is 10.2. The number of nitrogens with zero attached hydrogens (tertiary/aromatic N) is 2. The van der Waals surface area contributed by atoms with E-state index in [0.29, 0.717) is 12.4 Å². The summed E-state index contributed by atoms with van der Waals surface area (Å²) in [5.41, 5.74) is 1.95. The van der Waals surface area contributed by atoms with Gasteiger partial charge in [0.2, 0.25) is 0 Å². The highest BCUT2D eigenvalue weighted by atomic mass is 19.1. The molecule has 0 fully saturated rings. The van der Waals surface area contributed by atoms with Crippen molar-refractivity contribution in [3.63, 3.8) is 0 Å². The van der Waals surface area contributed by atoms with Gasteiger partial charge in [0.25, 0.3) is 0 Å². The normalized spacial score (nSPS) is 10.8. The Kier molecular flexibility index (Phi) is 2.91. The molecule has 4 heteroatoms. The summed E-state index contributed by atoms with van der Waals surface area (Å²) in [5.74, 6) is 0.470. The molecule has 0 saturated carbocycles. The van der Waals surface area contributed by atoms with Crippen LogP contribution in [0.25, 0.3) is 10.9 Å². The van der Waals surface area contributed by atoms with Crippen molar-refractivity contribution in [2.75, 3.05) is 0 Å². The fourth-order valence-corrected chi connectivity index (χ4v) is 2.15. The van der Waals surface area contributed by atoms with Crippen molar-refractivity contribution in [1.29, 1.82) is 0 Å². The van der Waals surface area contributed by atoms with Crippen molar-refractivity contribution in [3.8, 4) is 5.75 Å². The van der Waals surface area contributed by atoms with E-state index in [0.717, 1.165) is 16.5 Å². The number of aromatic nitrogens is 2. The number of pyridine rings is 1. The van der Waals surface area contributed by atoms with Gasteiger partial charge in [-0.3, -0.25) is 4.98 Å². The van der Waals surface area contributed by atoms with Gasteiger partial charge in [-0.25, -0.2) is 4.39 Å². The van der Waals surface area contributed by atoms with Crippen molar-refractivity contribution in [2.45, 2.75) is 6.61 Å². The molecule has 0 aliphatic rings. The summed E-state index contributed by atoms with van der Waals surface area (Å²) < 4.78 is 21.0. The van der Waals surface area contributed by atoms with Crippen LogP contribution in [0.5, 0.6) is 5.75 Å². The molecular weight excluding hydrogens is 243 g/mol. The van der Waals surface area contributed by atoms with Gasteiger partial charge in [0.05, 0.1) is 6.20 Å². The Bertz CT molecular complexity index is 707. The number of aryl methyl sites for hydroxylation is 1. The monoisotopic (exact) mass is 256 g/mol. The Morgan fingerprint density at radius 2 is 2.21 bits per heavy atom. The lowest BCUT2D eigenvalue weighted by molar-refractivity contribution is 0.306. The molecule has 0 N–H and O–H groups in total. The molecule has 0 aliphatic heterocycles. The molecule has 0 amide bonds. The zero-order chi connectivity index (χ0) is 13.2. The van der Waals surface area contributed by atoms with E-state index in [4.69, 9.17) is 4.74 Å². The average Bonchev–Trinajstić information content (AvgIpc) is 2.74. The predicted molar refractivity (Wildman–Crippen MR) is 71.4 cm³/mol. The van der Waals surface area contributed by atoms with Crippen molar-refractivity contribution < 1.29 is 9.13 Å². The summed E-state index contributed by atoms with van der Waals surface area (Å²) in [6.07, 6.45) is 5.31. The molecule has 0 atom stereocenters. The van der Waals surface area contributed by atoms with Crippen molar-refractivity contribution in [3.05, 3.63) is 60.3 Å². The van der Waals surface area contributed by atoms with Crippen LogP contribution in [0.3, 0.4) is 0 Å². The summed E-state index contributed by atoms with van der Waals surface area (Å²) in [7, 11) is 1.94. The van der Waals surface area contributed by atoms with E-state index in [1.54, 1.807) is 18.5 Å². The van der Waals surface area contributed by atoms with Gasteiger partial charge < -0.3 is 9.30 Å². The summed E-state index contributed by atoms with van der Waals surface area (Å²) in [4.78, 5) is 3.99. The van der Waals surface area contributed by atoms with Crippen LogP contribution in [0.15, 0.2) is 48.9 Å². The van der Waals surface area contributed by atoms with Crippen LogP contribution in [0.1, 0.15) is 5.56 Å². The fraction of sp³-hybridized carbons (Fsp3) is 0.133. The SMILES string of the molecule is Cn1cc(COc2cccnc2)c2cc(F)ccc21. The standard InChI is InChI=1S/C15H13FN2O/c1-18-9-11(10-19-13-3-2-6-17-8-13)14-7-12(16)4-5-15(14)18/h2-9H,10H2,1H3. The zero-order valence-electron chi connectivity index (χ0n) is 10.5. The smallest absolute Gasteiger partial charge is 0.138 e. The number of hydrogen-bond donors (Lipinski definition) is 0. The molecule has 2 aromatic heterocycles. The average molecular weight is 256 g/mol. The van der Waals surface area contributed by atoms with E-state index in [2.05, 4.69) is 4.98 Å². The van der Waals surface area contributed by atoms with Crippen LogP contribution in [0.2, 0.25) is 0 Å². The molecule has 3 aromatic rings. The molecule has 0 aliphatic carbocycles. The van der Waals surface area contributed by atoms with Gasteiger partial charge in [-0.2, -0.15) is 0 Å². The van der Waals surface area contributed by atoms with Crippen molar-refractivity contribution in [2.24, 2.45) is 7.05 Å². The van der Waals surface area contributed by atoms with Gasteiger partial charge in [-0.1, -0.05) is 0 Å². The molecule has 96 valence electrons. The summed E-state index contributed by atoms with van der Waals surface area (Å²) >= 11 is 0. The first-order chi connectivity index (χ1) is 9.24. The number of fused-ring (bicyclic) bond motifs is 1. The minimum Gasteiger partial charge on any atom is -0.487 e. The van der Waals surface area contributed by atoms with E-state index in [-0.39, 0.29) is 5.82 Å². The molecule has 19 heavy (non-hydrogen) atoms. The zero-order valence-corrected chi connectivity index (χ0v) is 10.5. The molecule has 2 heterocycles. The van der Waals surface area contributed by atoms with Crippen LogP contribution in [-0.2, 0) is 13.7 Å². The second-order valence-electron chi connectivity index (χ2n) is 4.40. The molecule has 3 nitrogen and oxygen atoms in total. The number of hydrogen-bond acceptors (Lipinski definition) is 2. The van der Waals surface area contributed by atoms with E-state index in [1.807, 2.05) is 29.9 Å². The van der Waals surface area contributed by atoms with Crippen LogP contribution in [-0.4, -0.2) is 9.55 Å². The Labute approximate surface area is 110 Å². The lowest BCUT2D eigenvalue weighted by Crippen LogP contribution is -1.94. The third kappa shape index (κ3) is 2.29. The Morgan fingerprint density at radius 3 is 3.00 bits per heavy atom. The van der Waals surface area contributed by atoms with Gasteiger partial charge in [0, 0.05) is 35.9 Å². The summed E-state index contributed by atoms with van der Waals surface area (Å²) in [6, 6.07) is 8.44. The molecule has 1 aromatic carbocycles. The number of rotatable bonds is 3. The van der Waals surface area contributed by atoms with Crippen LogP contribution < -0.4 is 4.74 Å². The second kappa shape index (κ2) is 4.72. The van der Waals surface area contributed by atoms with Crippen molar-refractivity contribution in [1.82, 2.24) is 9.55 Å². The van der Waals surface area contributed by atoms with E-state index in [1.165, 1.54) is 12.1 Å².